The molecule has 0 bridgehead atoms. The van der Waals surface area contributed by atoms with Crippen LogP contribution in [0.1, 0.15) is 29.3 Å². The molecule has 2 rings (SSSR count). The van der Waals surface area contributed by atoms with Crippen molar-refractivity contribution in [1.29, 1.82) is 0 Å². The average Bonchev–Trinajstić information content (AvgIpc) is 2.43. The van der Waals surface area contributed by atoms with Crippen molar-refractivity contribution in [3.8, 4) is 0 Å². The van der Waals surface area contributed by atoms with Gasteiger partial charge in [0.05, 0.1) is 12.2 Å². The summed E-state index contributed by atoms with van der Waals surface area (Å²) in [4.78, 5) is 11.8. The zero-order valence-electron chi connectivity index (χ0n) is 10.7. The van der Waals surface area contributed by atoms with Gasteiger partial charge in [-0.25, -0.2) is 4.79 Å². The number of carbonyl (C=O) groups excluding carboxylic acids is 1. The molecule has 98 valence electrons. The highest BCUT2D eigenvalue weighted by Gasteiger charge is 2.13. The van der Waals surface area contributed by atoms with Gasteiger partial charge < -0.3 is 14.8 Å². The number of fused-ring (bicyclic) bond motifs is 1. The van der Waals surface area contributed by atoms with Gasteiger partial charge in [0.1, 0.15) is 6.61 Å². The number of hydrogen-bond donors (Lipinski definition) is 1. The summed E-state index contributed by atoms with van der Waals surface area (Å²) in [6.45, 7) is 4.32. The molecule has 1 aliphatic heterocycles. The van der Waals surface area contributed by atoms with Crippen LogP contribution < -0.4 is 5.32 Å². The van der Waals surface area contributed by atoms with Gasteiger partial charge in [-0.05, 0) is 43.5 Å². The molecule has 4 nitrogen and oxygen atoms in total. The third-order valence-corrected chi connectivity index (χ3v) is 2.94. The summed E-state index contributed by atoms with van der Waals surface area (Å²) in [5.74, 6) is -0.275. The van der Waals surface area contributed by atoms with E-state index in [9.17, 15) is 4.79 Å². The maximum Gasteiger partial charge on any atom is 0.338 e. The van der Waals surface area contributed by atoms with Gasteiger partial charge in [-0.15, -0.1) is 0 Å². The molecular weight excluding hydrogens is 230 g/mol. The van der Waals surface area contributed by atoms with Gasteiger partial charge in [0.25, 0.3) is 0 Å². The zero-order chi connectivity index (χ0) is 12.8. The van der Waals surface area contributed by atoms with Crippen LogP contribution in [-0.4, -0.2) is 32.3 Å². The predicted molar refractivity (Wildman–Crippen MR) is 70.0 cm³/mol. The number of nitrogens with one attached hydrogen (secondary N) is 1. The molecule has 1 aromatic rings. The Balaban J connectivity index is 1.94. The van der Waals surface area contributed by atoms with Crippen molar-refractivity contribution in [2.24, 2.45) is 0 Å². The maximum absolute atomic E-state index is 11.8. The van der Waals surface area contributed by atoms with Gasteiger partial charge in [-0.2, -0.15) is 0 Å². The molecule has 1 heterocycles. The lowest BCUT2D eigenvalue weighted by atomic mass is 10.0. The van der Waals surface area contributed by atoms with E-state index in [0.717, 1.165) is 25.1 Å². The van der Waals surface area contributed by atoms with Crippen molar-refractivity contribution in [3.05, 3.63) is 29.3 Å². The van der Waals surface area contributed by atoms with E-state index in [0.29, 0.717) is 25.4 Å². The maximum atomic E-state index is 11.8. The van der Waals surface area contributed by atoms with E-state index in [1.807, 2.05) is 19.1 Å². The Labute approximate surface area is 107 Å². The topological polar surface area (TPSA) is 47.6 Å². The van der Waals surface area contributed by atoms with Gasteiger partial charge >= 0.3 is 5.97 Å². The first-order valence-corrected chi connectivity index (χ1v) is 6.43. The van der Waals surface area contributed by atoms with Crippen molar-refractivity contribution in [2.75, 3.05) is 31.7 Å². The summed E-state index contributed by atoms with van der Waals surface area (Å²) in [6.07, 6.45) is 2.12. The molecule has 0 aliphatic carbocycles. The lowest BCUT2D eigenvalue weighted by Crippen LogP contribution is -2.14. The number of ether oxygens (including phenoxy) is 2. The minimum Gasteiger partial charge on any atom is -0.460 e. The number of aryl methyl sites for hydroxylation is 1. The summed E-state index contributed by atoms with van der Waals surface area (Å²) in [6, 6.07) is 5.68. The fourth-order valence-corrected chi connectivity index (χ4v) is 2.02. The van der Waals surface area contributed by atoms with Crippen LogP contribution in [0.4, 0.5) is 5.69 Å². The van der Waals surface area contributed by atoms with Crippen molar-refractivity contribution < 1.29 is 14.3 Å². The van der Waals surface area contributed by atoms with Crippen LogP contribution in [0.25, 0.3) is 0 Å². The highest BCUT2D eigenvalue weighted by molar-refractivity contribution is 5.90. The smallest absolute Gasteiger partial charge is 0.338 e. The summed E-state index contributed by atoms with van der Waals surface area (Å²) in [5.41, 5.74) is 2.95. The molecule has 0 unspecified atom stereocenters. The van der Waals surface area contributed by atoms with Crippen LogP contribution >= 0.6 is 0 Å². The molecule has 0 fully saturated rings. The lowest BCUT2D eigenvalue weighted by Gasteiger charge is -2.18. The Morgan fingerprint density at radius 3 is 3.11 bits per heavy atom. The molecule has 0 spiro atoms. The fraction of sp³-hybridized carbons (Fsp3) is 0.500. The number of benzene rings is 1. The normalized spacial score (nSPS) is 13.6. The van der Waals surface area contributed by atoms with Crippen LogP contribution in [0.2, 0.25) is 0 Å². The zero-order valence-corrected chi connectivity index (χ0v) is 10.7. The first kappa shape index (κ1) is 12.9. The Hall–Kier alpha value is -1.55. The molecule has 18 heavy (non-hydrogen) atoms. The van der Waals surface area contributed by atoms with Crippen LogP contribution in [0, 0.1) is 0 Å². The first-order valence-electron chi connectivity index (χ1n) is 6.43. The second kappa shape index (κ2) is 6.40. The van der Waals surface area contributed by atoms with E-state index in [-0.39, 0.29) is 5.97 Å². The van der Waals surface area contributed by atoms with Gasteiger partial charge in [-0.3, -0.25) is 0 Å². The van der Waals surface area contributed by atoms with E-state index >= 15 is 0 Å². The van der Waals surface area contributed by atoms with Crippen LogP contribution in [0.5, 0.6) is 0 Å². The average molecular weight is 249 g/mol. The molecular formula is C14H19NO3. The van der Waals surface area contributed by atoms with Gasteiger partial charge in [-0.1, -0.05) is 0 Å². The molecule has 0 atom stereocenters. The molecule has 1 aromatic carbocycles. The third-order valence-electron chi connectivity index (χ3n) is 2.94. The van der Waals surface area contributed by atoms with Crippen molar-refractivity contribution in [3.63, 3.8) is 0 Å². The molecule has 0 amide bonds. The largest absolute Gasteiger partial charge is 0.460 e. The number of carbonyl (C=O) groups is 1. The lowest BCUT2D eigenvalue weighted by molar-refractivity contribution is 0.0335. The van der Waals surface area contributed by atoms with Crippen molar-refractivity contribution in [2.45, 2.75) is 19.8 Å². The van der Waals surface area contributed by atoms with E-state index in [4.69, 9.17) is 9.47 Å². The third kappa shape index (κ3) is 3.23. The molecule has 1 N–H and O–H groups in total. The van der Waals surface area contributed by atoms with E-state index in [2.05, 4.69) is 5.32 Å². The fourth-order valence-electron chi connectivity index (χ4n) is 2.02. The van der Waals surface area contributed by atoms with Crippen molar-refractivity contribution >= 4 is 11.7 Å². The van der Waals surface area contributed by atoms with Crippen LogP contribution in [0.3, 0.4) is 0 Å². The Morgan fingerprint density at radius 2 is 2.28 bits per heavy atom. The Morgan fingerprint density at radius 1 is 1.39 bits per heavy atom. The Bertz CT molecular complexity index is 418. The molecule has 0 radical (unpaired) electrons. The predicted octanol–water partition coefficient (Wildman–Crippen LogP) is 2.24. The second-order valence-electron chi connectivity index (χ2n) is 4.24. The highest BCUT2D eigenvalue weighted by Crippen LogP contribution is 2.23. The number of esters is 1. The molecule has 4 heteroatoms. The quantitative estimate of drug-likeness (QED) is 0.642. The van der Waals surface area contributed by atoms with E-state index < -0.39 is 0 Å². The van der Waals surface area contributed by atoms with E-state index in [1.54, 1.807) is 6.07 Å². The Kier molecular flexibility index (Phi) is 4.59. The standard InChI is InChI=1S/C14H19NO3/c1-2-17-8-9-18-14(16)12-5-6-13-11(10-12)4-3-7-15-13/h5-6,10,15H,2-4,7-9H2,1H3. The van der Waals surface area contributed by atoms with Crippen molar-refractivity contribution in [1.82, 2.24) is 0 Å². The minimum atomic E-state index is -0.275. The summed E-state index contributed by atoms with van der Waals surface area (Å²) in [5, 5.41) is 3.32. The second-order valence-corrected chi connectivity index (χ2v) is 4.24. The highest BCUT2D eigenvalue weighted by atomic mass is 16.6. The number of hydrogen-bond acceptors (Lipinski definition) is 4. The number of rotatable bonds is 5. The van der Waals surface area contributed by atoms with Gasteiger partial charge in [0, 0.05) is 18.8 Å². The first-order chi connectivity index (χ1) is 8.81. The minimum absolute atomic E-state index is 0.275. The summed E-state index contributed by atoms with van der Waals surface area (Å²) < 4.78 is 10.3. The summed E-state index contributed by atoms with van der Waals surface area (Å²) in [7, 11) is 0. The SMILES string of the molecule is CCOCCOC(=O)c1ccc2c(c1)CCCN2. The van der Waals surface area contributed by atoms with Gasteiger partial charge in [0.15, 0.2) is 0 Å². The molecule has 0 saturated heterocycles. The van der Waals surface area contributed by atoms with Gasteiger partial charge in [0.2, 0.25) is 0 Å². The van der Waals surface area contributed by atoms with E-state index in [1.165, 1.54) is 5.56 Å². The van der Waals surface area contributed by atoms with Crippen LogP contribution in [-0.2, 0) is 15.9 Å². The molecule has 0 aromatic heterocycles. The molecule has 0 saturated carbocycles. The van der Waals surface area contributed by atoms with Crippen LogP contribution in [0.15, 0.2) is 18.2 Å². The monoisotopic (exact) mass is 249 g/mol. The summed E-state index contributed by atoms with van der Waals surface area (Å²) >= 11 is 0. The molecule has 1 aliphatic rings. The number of anilines is 1.